The average molecular weight is 126 g/mol. The van der Waals surface area contributed by atoms with Gasteiger partial charge in [-0.25, -0.2) is 0 Å². The second-order valence-corrected chi connectivity index (χ2v) is 1.52. The van der Waals surface area contributed by atoms with Gasteiger partial charge in [0.2, 0.25) is 0 Å². The first-order chi connectivity index (χ1) is 2.77. The normalized spacial score (nSPS) is 12.3. The molecule has 0 aromatic heterocycles. The largest absolute Gasteiger partial charge is 0.326 e. The zero-order valence-corrected chi connectivity index (χ0v) is 4.47. The highest BCUT2D eigenvalue weighted by molar-refractivity contribution is 7.32. The maximum atomic E-state index is 9.56. The summed E-state index contributed by atoms with van der Waals surface area (Å²) in [7, 11) is -2.64. The fourth-order valence-corrected chi connectivity index (χ4v) is 0.370. The van der Waals surface area contributed by atoms with E-state index in [1.807, 2.05) is 0 Å². The van der Waals surface area contributed by atoms with Crippen molar-refractivity contribution in [2.24, 2.45) is 0 Å². The Morgan fingerprint density at radius 3 is 2.29 bits per heavy atom. The molecule has 0 aromatic carbocycles. The van der Waals surface area contributed by atoms with Gasteiger partial charge >= 0.3 is 8.25 Å². The van der Waals surface area contributed by atoms with E-state index in [9.17, 15) is 4.57 Å². The fourth-order valence-electron chi connectivity index (χ4n) is 0.123. The van der Waals surface area contributed by atoms with Crippen LogP contribution in [0.15, 0.2) is 0 Å². The highest BCUT2D eigenvalue weighted by Gasteiger charge is 1.81. The van der Waals surface area contributed by atoms with Gasteiger partial charge in [-0.15, -0.1) is 0 Å². The van der Waals surface area contributed by atoms with Gasteiger partial charge in [0, 0.05) is 0 Å². The minimum atomic E-state index is -2.64. The monoisotopic (exact) mass is 126 g/mol. The molecule has 0 saturated carbocycles. The molecule has 0 bridgehead atoms. The van der Waals surface area contributed by atoms with Crippen molar-refractivity contribution in [2.45, 2.75) is 14.4 Å². The van der Waals surface area contributed by atoms with Gasteiger partial charge in [0.05, 0.1) is 6.61 Å². The molecule has 0 saturated heterocycles. The third kappa shape index (κ3) is 10.7. The van der Waals surface area contributed by atoms with Crippen molar-refractivity contribution in [1.82, 2.24) is 0 Å². The molecule has 1 N–H and O–H groups in total. The molecule has 1 unspecified atom stereocenters. The first kappa shape index (κ1) is 10.2. The minimum Gasteiger partial charge on any atom is -0.326 e. The van der Waals surface area contributed by atoms with Crippen LogP contribution >= 0.6 is 8.25 Å². The van der Waals surface area contributed by atoms with Gasteiger partial charge < -0.3 is 9.42 Å². The lowest BCUT2D eigenvalue weighted by Gasteiger charge is -1.86. The van der Waals surface area contributed by atoms with Crippen molar-refractivity contribution in [2.75, 3.05) is 6.61 Å². The van der Waals surface area contributed by atoms with Crippen molar-refractivity contribution in [3.63, 3.8) is 0 Å². The molecule has 4 heteroatoms. The Balaban J connectivity index is 0. The Bertz CT molecular complexity index is 54.1. The van der Waals surface area contributed by atoms with Crippen molar-refractivity contribution in [1.29, 1.82) is 0 Å². The molecule has 0 aliphatic heterocycles. The number of hydrogen-bond donors (Lipinski definition) is 1. The first-order valence-corrected chi connectivity index (χ1v) is 2.89. The topological polar surface area (TPSA) is 46.5 Å². The molecule has 46 valence electrons. The fraction of sp³-hybridized carbons (Fsp3) is 1.00. The maximum Gasteiger partial charge on any atom is 0.316 e. The summed E-state index contributed by atoms with van der Waals surface area (Å²) in [6.45, 7) is 1.98. The summed E-state index contributed by atoms with van der Waals surface area (Å²) in [5, 5.41) is 0. The van der Waals surface area contributed by atoms with Gasteiger partial charge in [-0.3, -0.25) is 4.57 Å². The SMILES string of the molecule is C.CCO[PH](=O)O. The van der Waals surface area contributed by atoms with E-state index in [1.165, 1.54) is 0 Å². The summed E-state index contributed by atoms with van der Waals surface area (Å²) in [4.78, 5) is 7.88. The summed E-state index contributed by atoms with van der Waals surface area (Å²) in [6, 6.07) is 0. The van der Waals surface area contributed by atoms with Crippen LogP contribution in [0, 0.1) is 0 Å². The second-order valence-electron chi connectivity index (χ2n) is 0.699. The summed E-state index contributed by atoms with van der Waals surface area (Å²) in [6.07, 6.45) is 0. The van der Waals surface area contributed by atoms with Crippen LogP contribution in [0.4, 0.5) is 0 Å². The van der Waals surface area contributed by atoms with Crippen LogP contribution in [0.3, 0.4) is 0 Å². The quantitative estimate of drug-likeness (QED) is 0.562. The smallest absolute Gasteiger partial charge is 0.316 e. The number of hydrogen-bond acceptors (Lipinski definition) is 2. The van der Waals surface area contributed by atoms with Crippen LogP contribution in [0.25, 0.3) is 0 Å². The first-order valence-electron chi connectivity index (χ1n) is 1.63. The average Bonchev–Trinajstić information content (AvgIpc) is 1.35. The van der Waals surface area contributed by atoms with Crippen LogP contribution < -0.4 is 0 Å². The van der Waals surface area contributed by atoms with Gasteiger partial charge in [0.1, 0.15) is 0 Å². The lowest BCUT2D eigenvalue weighted by Crippen LogP contribution is -1.72. The molecule has 0 rings (SSSR count). The Hall–Kier alpha value is 0.150. The zero-order chi connectivity index (χ0) is 4.99. The zero-order valence-electron chi connectivity index (χ0n) is 3.47. The van der Waals surface area contributed by atoms with Crippen LogP contribution in [-0.2, 0) is 9.09 Å². The van der Waals surface area contributed by atoms with E-state index in [0.29, 0.717) is 6.61 Å². The molecule has 0 radical (unpaired) electrons. The third-order valence-electron chi connectivity index (χ3n) is 0.268. The Kier molecular flexibility index (Phi) is 8.96. The molecule has 7 heavy (non-hydrogen) atoms. The van der Waals surface area contributed by atoms with Crippen molar-refractivity contribution >= 4 is 8.25 Å². The van der Waals surface area contributed by atoms with E-state index in [0.717, 1.165) is 0 Å². The molecule has 0 spiro atoms. The van der Waals surface area contributed by atoms with E-state index in [2.05, 4.69) is 4.52 Å². The van der Waals surface area contributed by atoms with E-state index in [4.69, 9.17) is 4.89 Å². The number of rotatable bonds is 2. The van der Waals surface area contributed by atoms with Crippen molar-refractivity contribution in [3.05, 3.63) is 0 Å². The maximum absolute atomic E-state index is 9.56. The molecule has 0 aliphatic rings. The van der Waals surface area contributed by atoms with Crippen LogP contribution in [0.5, 0.6) is 0 Å². The van der Waals surface area contributed by atoms with Crippen LogP contribution in [-0.4, -0.2) is 11.5 Å². The lowest BCUT2D eigenvalue weighted by atomic mass is 10.9. The molecular weight excluding hydrogens is 115 g/mol. The Morgan fingerprint density at radius 1 is 1.86 bits per heavy atom. The van der Waals surface area contributed by atoms with Gasteiger partial charge in [-0.1, -0.05) is 7.43 Å². The highest BCUT2D eigenvalue weighted by Crippen LogP contribution is 2.12. The third-order valence-corrected chi connectivity index (χ3v) is 0.803. The lowest BCUT2D eigenvalue weighted by molar-refractivity contribution is 0.297. The van der Waals surface area contributed by atoms with E-state index < -0.39 is 8.25 Å². The molecular formula is C3H11O3P. The molecule has 0 amide bonds. The summed E-state index contributed by atoms with van der Waals surface area (Å²) < 4.78 is 13.7. The van der Waals surface area contributed by atoms with Gasteiger partial charge in [0.15, 0.2) is 0 Å². The summed E-state index contributed by atoms with van der Waals surface area (Å²) in [5.74, 6) is 0. The standard InChI is InChI=1S/C2H7O3P.CH4/c1-2-5-6(3)4;/h6H,2H2,1H3,(H,3,4);1H4. The minimum absolute atomic E-state index is 0. The highest BCUT2D eigenvalue weighted by atomic mass is 31.1. The Labute approximate surface area is 44.3 Å². The molecule has 0 heterocycles. The molecule has 0 aromatic rings. The van der Waals surface area contributed by atoms with Crippen LogP contribution in [0.1, 0.15) is 14.4 Å². The van der Waals surface area contributed by atoms with Gasteiger partial charge in [0.25, 0.3) is 0 Å². The van der Waals surface area contributed by atoms with Gasteiger partial charge in [-0.2, -0.15) is 0 Å². The van der Waals surface area contributed by atoms with E-state index >= 15 is 0 Å². The van der Waals surface area contributed by atoms with Crippen molar-refractivity contribution < 1.29 is 14.0 Å². The molecule has 3 nitrogen and oxygen atoms in total. The van der Waals surface area contributed by atoms with E-state index in [1.54, 1.807) is 6.92 Å². The Morgan fingerprint density at radius 2 is 2.29 bits per heavy atom. The molecule has 1 atom stereocenters. The van der Waals surface area contributed by atoms with E-state index in [-0.39, 0.29) is 7.43 Å². The molecule has 0 aliphatic carbocycles. The predicted octanol–water partition coefficient (Wildman–Crippen LogP) is 1.04. The second kappa shape index (κ2) is 6.15. The molecule has 0 fully saturated rings. The summed E-state index contributed by atoms with van der Waals surface area (Å²) >= 11 is 0. The predicted molar refractivity (Wildman–Crippen MR) is 29.6 cm³/mol. The van der Waals surface area contributed by atoms with Crippen LogP contribution in [0.2, 0.25) is 0 Å². The summed E-state index contributed by atoms with van der Waals surface area (Å²) in [5.41, 5.74) is 0. The van der Waals surface area contributed by atoms with Gasteiger partial charge in [-0.05, 0) is 6.92 Å². The van der Waals surface area contributed by atoms with Crippen molar-refractivity contribution in [3.8, 4) is 0 Å².